The third-order valence-electron chi connectivity index (χ3n) is 3.05. The van der Waals surface area contributed by atoms with E-state index in [4.69, 9.17) is 5.26 Å². The number of halogens is 3. The first-order valence-electron chi connectivity index (χ1n) is 5.84. The Kier molecular flexibility index (Phi) is 3.45. The second-order valence-corrected chi connectivity index (χ2v) is 7.01. The highest BCUT2D eigenvalue weighted by Crippen LogP contribution is 2.29. The molecular weight excluding hydrogens is 307 g/mol. The summed E-state index contributed by atoms with van der Waals surface area (Å²) in [4.78, 5) is 3.41. The minimum absolute atomic E-state index is 0.331. The molecule has 0 amide bonds. The number of hydrogen-bond donors (Lipinski definition) is 0. The number of hydrogen-bond acceptors (Lipinski definition) is 4. The topological polar surface area (TPSA) is 75.8 Å². The molecule has 0 aliphatic heterocycles. The highest BCUT2D eigenvalue weighted by molar-refractivity contribution is 7.90. The maximum atomic E-state index is 14.2. The van der Waals surface area contributed by atoms with Gasteiger partial charge in [0.15, 0.2) is 17.5 Å². The summed E-state index contributed by atoms with van der Waals surface area (Å²) in [6.45, 7) is 3.60. The van der Waals surface area contributed by atoms with Gasteiger partial charge in [0.05, 0.1) is 5.25 Å². The Hall–Kier alpha value is -2.08. The van der Waals surface area contributed by atoms with Crippen LogP contribution in [-0.4, -0.2) is 22.6 Å². The lowest BCUT2D eigenvalue weighted by atomic mass is 10.2. The first-order valence-corrected chi connectivity index (χ1v) is 7.34. The monoisotopic (exact) mass is 317 g/mol. The average molecular weight is 317 g/mol. The van der Waals surface area contributed by atoms with Crippen molar-refractivity contribution in [2.24, 2.45) is 0 Å². The zero-order valence-electron chi connectivity index (χ0n) is 11.3. The predicted molar refractivity (Wildman–Crippen MR) is 68.5 cm³/mol. The molecule has 21 heavy (non-hydrogen) atoms. The van der Waals surface area contributed by atoms with Crippen LogP contribution in [0.15, 0.2) is 0 Å². The Bertz CT molecular complexity index is 895. The fourth-order valence-electron chi connectivity index (χ4n) is 1.82. The lowest BCUT2D eigenvalue weighted by Crippen LogP contribution is -2.24. The molecule has 0 radical (unpaired) electrons. The summed E-state index contributed by atoms with van der Waals surface area (Å²) in [5, 5.41) is 7.94. The maximum absolute atomic E-state index is 14.2. The van der Waals surface area contributed by atoms with Crippen LogP contribution in [0.2, 0.25) is 0 Å². The Morgan fingerprint density at radius 1 is 1.19 bits per heavy atom. The van der Waals surface area contributed by atoms with Crippen LogP contribution < -0.4 is 0 Å². The van der Waals surface area contributed by atoms with E-state index in [1.54, 1.807) is 0 Å². The van der Waals surface area contributed by atoms with Crippen molar-refractivity contribution in [3.8, 4) is 6.07 Å². The van der Waals surface area contributed by atoms with E-state index in [0.29, 0.717) is 3.97 Å². The van der Waals surface area contributed by atoms with Crippen LogP contribution in [0.4, 0.5) is 13.2 Å². The summed E-state index contributed by atoms with van der Waals surface area (Å²) < 4.78 is 66.4. The molecule has 0 bridgehead atoms. The van der Waals surface area contributed by atoms with Crippen LogP contribution in [0, 0.1) is 35.7 Å². The molecule has 1 aromatic heterocycles. The Balaban J connectivity index is 3.13. The van der Waals surface area contributed by atoms with E-state index < -0.39 is 55.1 Å². The largest absolute Gasteiger partial charge is 0.243 e. The molecule has 9 heteroatoms. The third kappa shape index (κ3) is 1.98. The minimum Gasteiger partial charge on any atom is -0.215 e. The summed E-state index contributed by atoms with van der Waals surface area (Å²) in [6, 6.07) is 1.46. The average Bonchev–Trinajstić information content (AvgIpc) is 2.82. The molecule has 0 fully saturated rings. The maximum Gasteiger partial charge on any atom is 0.243 e. The number of rotatable bonds is 2. The van der Waals surface area contributed by atoms with Gasteiger partial charge < -0.3 is 0 Å². The Morgan fingerprint density at radius 2 is 1.76 bits per heavy atom. The molecule has 0 saturated carbocycles. The Labute approximate surface area is 118 Å². The molecule has 5 nitrogen and oxygen atoms in total. The molecule has 1 heterocycles. The van der Waals surface area contributed by atoms with Crippen LogP contribution in [0.5, 0.6) is 0 Å². The summed E-state index contributed by atoms with van der Waals surface area (Å²) in [7, 11) is -4.17. The van der Waals surface area contributed by atoms with Gasteiger partial charge in [0, 0.05) is 5.56 Å². The Morgan fingerprint density at radius 3 is 2.24 bits per heavy atom. The highest BCUT2D eigenvalue weighted by Gasteiger charge is 2.31. The lowest BCUT2D eigenvalue weighted by molar-refractivity contribution is 0.495. The number of imidazole rings is 1. The van der Waals surface area contributed by atoms with Crippen molar-refractivity contribution >= 4 is 21.1 Å². The van der Waals surface area contributed by atoms with Gasteiger partial charge in [-0.15, -0.1) is 0 Å². The minimum atomic E-state index is -4.17. The predicted octanol–water partition coefficient (Wildman–Crippen LogP) is 2.22. The van der Waals surface area contributed by atoms with Gasteiger partial charge in [0.2, 0.25) is 15.8 Å². The van der Waals surface area contributed by atoms with E-state index in [2.05, 4.69) is 4.98 Å². The molecule has 2 aromatic rings. The van der Waals surface area contributed by atoms with Gasteiger partial charge in [0.1, 0.15) is 17.1 Å². The molecule has 0 unspecified atom stereocenters. The molecule has 0 N–H and O–H groups in total. The molecule has 0 atom stereocenters. The van der Waals surface area contributed by atoms with Crippen molar-refractivity contribution in [3.63, 3.8) is 0 Å². The van der Waals surface area contributed by atoms with Gasteiger partial charge >= 0.3 is 0 Å². The quantitative estimate of drug-likeness (QED) is 0.796. The molecule has 2 rings (SSSR count). The SMILES string of the molecule is Cc1c(F)c(F)c2nc(C#N)n(S(=O)(=O)C(C)C)c2c1F. The van der Waals surface area contributed by atoms with Crippen molar-refractivity contribution in [1.29, 1.82) is 5.26 Å². The van der Waals surface area contributed by atoms with Crippen LogP contribution in [0.3, 0.4) is 0 Å². The number of benzene rings is 1. The van der Waals surface area contributed by atoms with E-state index in [1.165, 1.54) is 19.9 Å². The van der Waals surface area contributed by atoms with Gasteiger partial charge in [-0.1, -0.05) is 0 Å². The summed E-state index contributed by atoms with van der Waals surface area (Å²) in [5.41, 5.74) is -2.25. The van der Waals surface area contributed by atoms with E-state index in [0.717, 1.165) is 6.92 Å². The van der Waals surface area contributed by atoms with Gasteiger partial charge in [-0.3, -0.25) is 0 Å². The highest BCUT2D eigenvalue weighted by atomic mass is 32.2. The number of nitrogens with zero attached hydrogens (tertiary/aromatic N) is 3. The first kappa shape index (κ1) is 15.3. The molecule has 1 aromatic carbocycles. The first-order chi connectivity index (χ1) is 9.64. The van der Waals surface area contributed by atoms with Crippen LogP contribution >= 0.6 is 0 Å². The van der Waals surface area contributed by atoms with Gasteiger partial charge in [-0.2, -0.15) is 5.26 Å². The van der Waals surface area contributed by atoms with E-state index in [1.807, 2.05) is 0 Å². The summed E-state index contributed by atoms with van der Waals surface area (Å²) in [6.07, 6.45) is 0. The summed E-state index contributed by atoms with van der Waals surface area (Å²) in [5.74, 6) is -4.93. The molecule has 0 saturated heterocycles. The number of aromatic nitrogens is 2. The molecule has 0 spiro atoms. The second kappa shape index (κ2) is 4.73. The summed E-state index contributed by atoms with van der Waals surface area (Å²) >= 11 is 0. The van der Waals surface area contributed by atoms with Crippen LogP contribution in [0.25, 0.3) is 11.0 Å². The van der Waals surface area contributed by atoms with Crippen molar-refractivity contribution in [1.82, 2.24) is 8.96 Å². The normalized spacial score (nSPS) is 12.1. The van der Waals surface area contributed by atoms with Gasteiger partial charge in [-0.25, -0.2) is 30.5 Å². The third-order valence-corrected chi connectivity index (χ3v) is 5.11. The lowest BCUT2D eigenvalue weighted by Gasteiger charge is -2.11. The zero-order chi connectivity index (χ0) is 16.1. The number of nitriles is 1. The van der Waals surface area contributed by atoms with Crippen LogP contribution in [-0.2, 0) is 10.0 Å². The second-order valence-electron chi connectivity index (χ2n) is 4.67. The van der Waals surface area contributed by atoms with E-state index in [9.17, 15) is 21.6 Å². The van der Waals surface area contributed by atoms with Crippen molar-refractivity contribution in [2.45, 2.75) is 26.0 Å². The van der Waals surface area contributed by atoms with Gasteiger partial charge in [0.25, 0.3) is 0 Å². The molecule has 112 valence electrons. The van der Waals surface area contributed by atoms with Crippen LogP contribution in [0.1, 0.15) is 25.2 Å². The van der Waals surface area contributed by atoms with Crippen molar-refractivity contribution < 1.29 is 21.6 Å². The van der Waals surface area contributed by atoms with Crippen molar-refractivity contribution in [3.05, 3.63) is 28.8 Å². The fourth-order valence-corrected chi connectivity index (χ4v) is 2.99. The van der Waals surface area contributed by atoms with E-state index in [-0.39, 0.29) is 0 Å². The van der Waals surface area contributed by atoms with Gasteiger partial charge in [-0.05, 0) is 20.8 Å². The number of fused-ring (bicyclic) bond motifs is 1. The smallest absolute Gasteiger partial charge is 0.215 e. The zero-order valence-corrected chi connectivity index (χ0v) is 12.1. The fraction of sp³-hybridized carbons (Fsp3) is 0.333. The van der Waals surface area contributed by atoms with E-state index >= 15 is 0 Å². The molecular formula is C12H10F3N3O2S. The molecule has 0 aliphatic carbocycles. The standard InChI is InChI=1S/C12H10F3N3O2S/c1-5(2)21(19,20)18-7(4-16)17-11-10(15)8(13)6(3)9(14)12(11)18/h5H,1-3H3. The van der Waals surface area contributed by atoms with Crippen molar-refractivity contribution in [2.75, 3.05) is 0 Å². The molecule has 0 aliphatic rings.